The second-order valence-electron chi connectivity index (χ2n) is 6.55. The van der Waals surface area contributed by atoms with E-state index in [0.717, 1.165) is 29.7 Å². The number of carbonyl (C=O) groups is 2. The Morgan fingerprint density at radius 3 is 2.52 bits per heavy atom. The highest BCUT2D eigenvalue weighted by Gasteiger charge is 2.41. The van der Waals surface area contributed by atoms with Crippen molar-refractivity contribution >= 4 is 11.7 Å². The molecule has 1 amide bonds. The molecule has 0 radical (unpaired) electrons. The Morgan fingerprint density at radius 1 is 1.12 bits per heavy atom. The molecule has 0 saturated heterocycles. The van der Waals surface area contributed by atoms with Crippen molar-refractivity contribution in [2.24, 2.45) is 0 Å². The van der Waals surface area contributed by atoms with Gasteiger partial charge in [-0.1, -0.05) is 0 Å². The zero-order valence-electron chi connectivity index (χ0n) is 15.2. The van der Waals surface area contributed by atoms with Crippen LogP contribution in [0.2, 0.25) is 0 Å². The number of Topliss-reactive ketones (excluding diaryl/α,β-unsaturated/α-hetero) is 1. The van der Waals surface area contributed by atoms with Crippen LogP contribution in [0.3, 0.4) is 0 Å². The van der Waals surface area contributed by atoms with Gasteiger partial charge in [0.2, 0.25) is 5.91 Å². The van der Waals surface area contributed by atoms with Gasteiger partial charge in [-0.15, -0.1) is 0 Å². The van der Waals surface area contributed by atoms with Crippen LogP contribution in [0.25, 0.3) is 0 Å². The van der Waals surface area contributed by atoms with Gasteiger partial charge in [0, 0.05) is 49.7 Å². The number of ether oxygens (including phenoxy) is 2. The van der Waals surface area contributed by atoms with E-state index < -0.39 is 0 Å². The normalized spacial score (nSPS) is 20.8. The lowest BCUT2D eigenvalue weighted by Gasteiger charge is -2.41. The summed E-state index contributed by atoms with van der Waals surface area (Å²) < 4.78 is 10.8. The number of allylic oxidation sites excluding steroid dienone is 2. The first-order valence-electron chi connectivity index (χ1n) is 8.46. The van der Waals surface area contributed by atoms with Gasteiger partial charge in [-0.3, -0.25) is 9.59 Å². The first kappa shape index (κ1) is 17.5. The number of hydrogen-bond acceptors (Lipinski definition) is 5. The summed E-state index contributed by atoms with van der Waals surface area (Å²) in [6.45, 7) is 0. The summed E-state index contributed by atoms with van der Waals surface area (Å²) in [6, 6.07) is 5.51. The van der Waals surface area contributed by atoms with Crippen LogP contribution in [0.15, 0.2) is 29.5 Å². The quantitative estimate of drug-likeness (QED) is 0.840. The molecule has 3 rings (SSSR count). The highest BCUT2D eigenvalue weighted by Crippen LogP contribution is 2.45. The van der Waals surface area contributed by atoms with Crippen LogP contribution in [0, 0.1) is 0 Å². The molecule has 134 valence electrons. The third-order valence-corrected chi connectivity index (χ3v) is 4.86. The number of ketones is 1. The smallest absolute Gasteiger partial charge is 0.242 e. The van der Waals surface area contributed by atoms with Crippen LogP contribution in [0.5, 0.6) is 11.5 Å². The van der Waals surface area contributed by atoms with E-state index in [0.29, 0.717) is 17.9 Å². The van der Waals surface area contributed by atoms with Gasteiger partial charge in [0.1, 0.15) is 11.5 Å². The molecule has 0 aromatic heterocycles. The molecule has 1 aliphatic carbocycles. The van der Waals surface area contributed by atoms with Crippen LogP contribution in [-0.2, 0) is 9.59 Å². The highest BCUT2D eigenvalue weighted by atomic mass is 16.5. The number of methoxy groups -OCH3 is 2. The van der Waals surface area contributed by atoms with Crippen molar-refractivity contribution in [2.45, 2.75) is 31.6 Å². The predicted octanol–water partition coefficient (Wildman–Crippen LogP) is 2.50. The number of hydrogen-bond donors (Lipinski definition) is 0. The van der Waals surface area contributed by atoms with Crippen LogP contribution in [0.4, 0.5) is 0 Å². The molecule has 0 spiro atoms. The molecule has 0 saturated carbocycles. The summed E-state index contributed by atoms with van der Waals surface area (Å²) in [5.74, 6) is 1.17. The van der Waals surface area contributed by atoms with Gasteiger partial charge in [-0.25, -0.2) is 10.0 Å². The van der Waals surface area contributed by atoms with E-state index in [1.807, 2.05) is 32.3 Å². The maximum Gasteiger partial charge on any atom is 0.242 e. The monoisotopic (exact) mass is 344 g/mol. The van der Waals surface area contributed by atoms with Gasteiger partial charge in [0.15, 0.2) is 5.78 Å². The van der Waals surface area contributed by atoms with Gasteiger partial charge in [-0.05, 0) is 31.0 Å². The predicted molar refractivity (Wildman–Crippen MR) is 93.3 cm³/mol. The standard InChI is InChI=1S/C19H24N2O4/c1-20(2)21-15-6-5-7-16(22)19(15)14(11-18(21)23)13-10-12(24-3)8-9-17(13)25-4/h8-10,14H,5-7,11H2,1-4H3/t14-/m0/s1. The van der Waals surface area contributed by atoms with E-state index in [4.69, 9.17) is 9.47 Å². The van der Waals surface area contributed by atoms with Crippen LogP contribution >= 0.6 is 0 Å². The van der Waals surface area contributed by atoms with Crippen LogP contribution in [-0.4, -0.2) is 50.0 Å². The number of rotatable bonds is 4. The molecule has 1 aliphatic heterocycles. The van der Waals surface area contributed by atoms with E-state index in [-0.39, 0.29) is 24.0 Å². The lowest BCUT2D eigenvalue weighted by atomic mass is 9.77. The zero-order chi connectivity index (χ0) is 18.1. The topological polar surface area (TPSA) is 59.1 Å². The Hall–Kier alpha value is -2.34. The van der Waals surface area contributed by atoms with E-state index in [2.05, 4.69) is 0 Å². The van der Waals surface area contributed by atoms with Crippen molar-refractivity contribution in [2.75, 3.05) is 28.3 Å². The molecule has 6 nitrogen and oxygen atoms in total. The van der Waals surface area contributed by atoms with E-state index in [9.17, 15) is 9.59 Å². The largest absolute Gasteiger partial charge is 0.497 e. The molecular formula is C19H24N2O4. The molecule has 1 atom stereocenters. The Labute approximate surface area is 148 Å². The number of carbonyl (C=O) groups excluding carboxylic acids is 2. The molecule has 2 aliphatic rings. The molecule has 1 heterocycles. The van der Waals surface area contributed by atoms with Gasteiger partial charge in [0.05, 0.1) is 14.2 Å². The van der Waals surface area contributed by atoms with Crippen LogP contribution < -0.4 is 9.47 Å². The molecule has 1 aromatic rings. The van der Waals surface area contributed by atoms with Crippen molar-refractivity contribution in [1.82, 2.24) is 10.0 Å². The Balaban J connectivity index is 2.18. The number of benzene rings is 1. The summed E-state index contributed by atoms with van der Waals surface area (Å²) >= 11 is 0. The Morgan fingerprint density at radius 2 is 1.88 bits per heavy atom. The third kappa shape index (κ3) is 3.02. The second-order valence-corrected chi connectivity index (χ2v) is 6.55. The summed E-state index contributed by atoms with van der Waals surface area (Å²) in [5.41, 5.74) is 2.40. The van der Waals surface area contributed by atoms with Crippen molar-refractivity contribution in [3.8, 4) is 11.5 Å². The molecule has 0 N–H and O–H groups in total. The summed E-state index contributed by atoms with van der Waals surface area (Å²) in [6.07, 6.45) is 2.27. The molecule has 25 heavy (non-hydrogen) atoms. The van der Waals surface area contributed by atoms with Gasteiger partial charge >= 0.3 is 0 Å². The lowest BCUT2D eigenvalue weighted by Crippen LogP contribution is -2.47. The third-order valence-electron chi connectivity index (χ3n) is 4.86. The van der Waals surface area contributed by atoms with Crippen molar-refractivity contribution < 1.29 is 19.1 Å². The van der Waals surface area contributed by atoms with Crippen molar-refractivity contribution in [3.63, 3.8) is 0 Å². The van der Waals surface area contributed by atoms with Crippen molar-refractivity contribution in [1.29, 1.82) is 0 Å². The van der Waals surface area contributed by atoms with Crippen molar-refractivity contribution in [3.05, 3.63) is 35.0 Å². The lowest BCUT2D eigenvalue weighted by molar-refractivity contribution is -0.143. The average molecular weight is 344 g/mol. The number of nitrogens with zero attached hydrogens (tertiary/aromatic N) is 2. The fourth-order valence-electron chi connectivity index (χ4n) is 3.82. The Kier molecular flexibility index (Phi) is 4.81. The summed E-state index contributed by atoms with van der Waals surface area (Å²) in [7, 11) is 6.85. The maximum absolute atomic E-state index is 12.8. The summed E-state index contributed by atoms with van der Waals surface area (Å²) in [4.78, 5) is 25.6. The fourth-order valence-corrected chi connectivity index (χ4v) is 3.82. The first-order chi connectivity index (χ1) is 12.0. The maximum atomic E-state index is 12.8. The molecule has 6 heteroatoms. The van der Waals surface area contributed by atoms with E-state index in [1.54, 1.807) is 24.2 Å². The number of hydrazine groups is 1. The average Bonchev–Trinajstić information content (AvgIpc) is 2.60. The second kappa shape index (κ2) is 6.88. The molecule has 1 aromatic carbocycles. The minimum Gasteiger partial charge on any atom is -0.497 e. The van der Waals surface area contributed by atoms with Gasteiger partial charge in [-0.2, -0.15) is 0 Å². The first-order valence-corrected chi connectivity index (χ1v) is 8.46. The summed E-state index contributed by atoms with van der Waals surface area (Å²) in [5, 5.41) is 3.41. The fraction of sp³-hybridized carbons (Fsp3) is 0.474. The van der Waals surface area contributed by atoms with Gasteiger partial charge in [0.25, 0.3) is 0 Å². The Bertz CT molecular complexity index is 739. The van der Waals surface area contributed by atoms with Crippen LogP contribution in [0.1, 0.15) is 37.2 Å². The SMILES string of the molecule is COc1ccc(OC)c([C@@H]2CC(=O)N(N(C)C)C3=C2C(=O)CCC3)c1. The van der Waals surface area contributed by atoms with E-state index >= 15 is 0 Å². The number of amides is 1. The minimum absolute atomic E-state index is 0.00618. The molecule has 0 fully saturated rings. The molecule has 0 bridgehead atoms. The molecular weight excluding hydrogens is 320 g/mol. The minimum atomic E-state index is -0.295. The van der Waals surface area contributed by atoms with Gasteiger partial charge < -0.3 is 9.47 Å². The van der Waals surface area contributed by atoms with E-state index in [1.165, 1.54) is 0 Å². The zero-order valence-corrected chi connectivity index (χ0v) is 15.2. The highest BCUT2D eigenvalue weighted by molar-refractivity contribution is 6.01. The molecule has 0 unspecified atom stereocenters.